The SMILES string of the molecule is CC1(C)[C@]2(C(=O)Nc3ccc4c(c3)OCO4)CC[C@]1(C)C(=O)C2. The van der Waals surface area contributed by atoms with Crippen LogP contribution in [-0.4, -0.2) is 18.5 Å². The second-order valence-electron chi connectivity index (χ2n) is 7.66. The molecule has 1 N–H and O–H groups in total. The van der Waals surface area contributed by atoms with Crippen LogP contribution in [0.2, 0.25) is 0 Å². The topological polar surface area (TPSA) is 64.6 Å². The van der Waals surface area contributed by atoms with Crippen LogP contribution in [0.15, 0.2) is 18.2 Å². The summed E-state index contributed by atoms with van der Waals surface area (Å²) in [6, 6.07) is 5.37. The maximum atomic E-state index is 13.1. The average Bonchev–Trinajstić information content (AvgIpc) is 3.08. The molecule has 1 aromatic carbocycles. The van der Waals surface area contributed by atoms with Crippen LogP contribution in [-0.2, 0) is 9.59 Å². The molecule has 0 spiro atoms. The molecule has 2 fully saturated rings. The Kier molecular flexibility index (Phi) is 2.70. The summed E-state index contributed by atoms with van der Waals surface area (Å²) < 4.78 is 10.6. The molecule has 0 unspecified atom stereocenters. The molecule has 4 rings (SSSR count). The number of hydrogen-bond acceptors (Lipinski definition) is 4. The van der Waals surface area contributed by atoms with Crippen molar-refractivity contribution in [1.29, 1.82) is 0 Å². The van der Waals surface area contributed by atoms with Crippen molar-refractivity contribution in [2.75, 3.05) is 12.1 Å². The molecule has 1 aromatic rings. The van der Waals surface area contributed by atoms with Crippen molar-refractivity contribution in [1.82, 2.24) is 0 Å². The fourth-order valence-electron chi connectivity index (χ4n) is 4.59. The van der Waals surface area contributed by atoms with Gasteiger partial charge in [0.25, 0.3) is 0 Å². The normalized spacial score (nSPS) is 33.1. The molecule has 5 heteroatoms. The van der Waals surface area contributed by atoms with Gasteiger partial charge in [-0.05, 0) is 30.4 Å². The van der Waals surface area contributed by atoms with Crippen molar-refractivity contribution in [3.8, 4) is 11.5 Å². The van der Waals surface area contributed by atoms with Crippen molar-refractivity contribution in [2.45, 2.75) is 40.0 Å². The first-order valence-electron chi connectivity index (χ1n) is 8.05. The summed E-state index contributed by atoms with van der Waals surface area (Å²) in [4.78, 5) is 25.5. The van der Waals surface area contributed by atoms with Gasteiger partial charge in [-0.25, -0.2) is 0 Å². The van der Waals surface area contributed by atoms with Crippen LogP contribution < -0.4 is 14.8 Å². The standard InChI is InChI=1S/C18H21NO4/c1-16(2)17(3)6-7-18(16,9-14(17)20)15(21)19-11-4-5-12-13(8-11)23-10-22-12/h4-5,8H,6-7,9-10H2,1-3H3,(H,19,21)/t17-,18-/m1/s1. The van der Waals surface area contributed by atoms with Gasteiger partial charge in [0, 0.05) is 23.6 Å². The number of nitrogens with one attached hydrogen (secondary N) is 1. The molecule has 1 heterocycles. The van der Waals surface area contributed by atoms with Gasteiger partial charge >= 0.3 is 0 Å². The van der Waals surface area contributed by atoms with Gasteiger partial charge in [-0.1, -0.05) is 20.8 Å². The van der Waals surface area contributed by atoms with E-state index >= 15 is 0 Å². The van der Waals surface area contributed by atoms with Crippen LogP contribution in [0.4, 0.5) is 5.69 Å². The lowest BCUT2D eigenvalue weighted by molar-refractivity contribution is -0.131. The fourth-order valence-corrected chi connectivity index (χ4v) is 4.59. The Bertz CT molecular complexity index is 726. The van der Waals surface area contributed by atoms with Gasteiger partial charge in [-0.15, -0.1) is 0 Å². The number of carbonyl (C=O) groups is 2. The van der Waals surface area contributed by atoms with Crippen LogP contribution in [0.3, 0.4) is 0 Å². The Hall–Kier alpha value is -2.04. The Morgan fingerprint density at radius 2 is 1.87 bits per heavy atom. The quantitative estimate of drug-likeness (QED) is 0.910. The van der Waals surface area contributed by atoms with E-state index in [1.807, 2.05) is 6.92 Å². The highest BCUT2D eigenvalue weighted by Gasteiger charge is 2.72. The summed E-state index contributed by atoms with van der Waals surface area (Å²) in [5, 5.41) is 3.00. The highest BCUT2D eigenvalue weighted by molar-refractivity contribution is 6.04. The third-order valence-electron chi connectivity index (χ3n) is 6.77. The fraction of sp³-hybridized carbons (Fsp3) is 0.556. The van der Waals surface area contributed by atoms with Gasteiger partial charge in [0.05, 0.1) is 5.41 Å². The van der Waals surface area contributed by atoms with E-state index in [0.717, 1.165) is 12.8 Å². The number of ether oxygens (including phenoxy) is 2. The minimum atomic E-state index is -0.616. The van der Waals surface area contributed by atoms with Crippen molar-refractivity contribution in [3.63, 3.8) is 0 Å². The predicted octanol–water partition coefficient (Wildman–Crippen LogP) is 3.14. The zero-order valence-electron chi connectivity index (χ0n) is 13.7. The molecule has 0 radical (unpaired) electrons. The van der Waals surface area contributed by atoms with E-state index in [1.54, 1.807) is 18.2 Å². The van der Waals surface area contributed by atoms with Crippen LogP contribution >= 0.6 is 0 Å². The van der Waals surface area contributed by atoms with Gasteiger partial charge in [-0.3, -0.25) is 9.59 Å². The first kappa shape index (κ1) is 14.5. The molecule has 3 aliphatic rings. The zero-order valence-corrected chi connectivity index (χ0v) is 13.7. The first-order valence-corrected chi connectivity index (χ1v) is 8.05. The van der Waals surface area contributed by atoms with E-state index in [0.29, 0.717) is 23.6 Å². The third-order valence-corrected chi connectivity index (χ3v) is 6.77. The van der Waals surface area contributed by atoms with E-state index in [2.05, 4.69) is 19.2 Å². The molecule has 2 atom stereocenters. The molecule has 23 heavy (non-hydrogen) atoms. The zero-order chi connectivity index (χ0) is 16.5. The van der Waals surface area contributed by atoms with Crippen LogP contribution in [0.1, 0.15) is 40.0 Å². The summed E-state index contributed by atoms with van der Waals surface area (Å²) in [6.07, 6.45) is 1.89. The molecular formula is C18H21NO4. The highest BCUT2D eigenvalue weighted by atomic mass is 16.7. The van der Waals surface area contributed by atoms with Gasteiger partial charge in [0.15, 0.2) is 11.5 Å². The lowest BCUT2D eigenvalue weighted by Crippen LogP contribution is -2.43. The second-order valence-corrected chi connectivity index (χ2v) is 7.66. The average molecular weight is 315 g/mol. The molecule has 5 nitrogen and oxygen atoms in total. The summed E-state index contributed by atoms with van der Waals surface area (Å²) >= 11 is 0. The van der Waals surface area contributed by atoms with E-state index in [-0.39, 0.29) is 29.3 Å². The van der Waals surface area contributed by atoms with Crippen molar-refractivity contribution in [2.24, 2.45) is 16.2 Å². The van der Waals surface area contributed by atoms with E-state index in [4.69, 9.17) is 9.47 Å². The maximum Gasteiger partial charge on any atom is 0.231 e. The molecule has 1 aliphatic heterocycles. The van der Waals surface area contributed by atoms with E-state index in [9.17, 15) is 9.59 Å². The van der Waals surface area contributed by atoms with Crippen LogP contribution in [0.25, 0.3) is 0 Å². The monoisotopic (exact) mass is 315 g/mol. The highest BCUT2D eigenvalue weighted by Crippen LogP contribution is 2.70. The van der Waals surface area contributed by atoms with Crippen molar-refractivity contribution in [3.05, 3.63) is 18.2 Å². The summed E-state index contributed by atoms with van der Waals surface area (Å²) in [6.45, 7) is 6.34. The van der Waals surface area contributed by atoms with E-state index < -0.39 is 5.41 Å². The van der Waals surface area contributed by atoms with Gasteiger partial charge in [0.1, 0.15) is 5.78 Å². The number of rotatable bonds is 2. The number of Topliss-reactive ketones (excluding diaryl/α,β-unsaturated/α-hetero) is 1. The lowest BCUT2D eigenvalue weighted by Gasteiger charge is -2.38. The number of carbonyl (C=O) groups excluding carboxylic acids is 2. The summed E-state index contributed by atoms with van der Waals surface area (Å²) in [7, 11) is 0. The first-order chi connectivity index (χ1) is 10.8. The Labute approximate surface area is 135 Å². The van der Waals surface area contributed by atoms with Crippen molar-refractivity contribution >= 4 is 17.4 Å². The Balaban J connectivity index is 1.64. The molecule has 122 valence electrons. The molecule has 1 amide bonds. The minimum absolute atomic E-state index is 0.0593. The number of hydrogen-bond donors (Lipinski definition) is 1. The molecule has 2 bridgehead atoms. The number of benzene rings is 1. The lowest BCUT2D eigenvalue weighted by atomic mass is 9.64. The van der Waals surface area contributed by atoms with Gasteiger partial charge in [-0.2, -0.15) is 0 Å². The molecule has 0 aromatic heterocycles. The number of amides is 1. The van der Waals surface area contributed by atoms with E-state index in [1.165, 1.54) is 0 Å². The number of anilines is 1. The van der Waals surface area contributed by atoms with Crippen LogP contribution in [0, 0.1) is 16.2 Å². The predicted molar refractivity (Wildman–Crippen MR) is 84.4 cm³/mol. The molecule has 2 saturated carbocycles. The van der Waals surface area contributed by atoms with Crippen molar-refractivity contribution < 1.29 is 19.1 Å². The minimum Gasteiger partial charge on any atom is -0.454 e. The Morgan fingerprint density at radius 3 is 2.52 bits per heavy atom. The summed E-state index contributed by atoms with van der Waals surface area (Å²) in [5.41, 5.74) is -0.663. The second kappa shape index (κ2) is 4.28. The number of ketones is 1. The largest absolute Gasteiger partial charge is 0.454 e. The summed E-state index contributed by atoms with van der Waals surface area (Å²) in [5.74, 6) is 1.48. The van der Waals surface area contributed by atoms with Crippen LogP contribution in [0.5, 0.6) is 11.5 Å². The van der Waals surface area contributed by atoms with Gasteiger partial charge < -0.3 is 14.8 Å². The molecular weight excluding hydrogens is 294 g/mol. The molecule has 0 saturated heterocycles. The Morgan fingerprint density at radius 1 is 1.13 bits per heavy atom. The molecule has 2 aliphatic carbocycles. The third kappa shape index (κ3) is 1.62. The maximum absolute atomic E-state index is 13.1. The smallest absolute Gasteiger partial charge is 0.231 e. The number of fused-ring (bicyclic) bond motifs is 3. The van der Waals surface area contributed by atoms with Gasteiger partial charge in [0.2, 0.25) is 12.7 Å².